The summed E-state index contributed by atoms with van der Waals surface area (Å²) in [7, 11) is -2.39. The molecular weight excluding hydrogens is 455 g/mol. The van der Waals surface area contributed by atoms with Gasteiger partial charge in [0.1, 0.15) is 18.1 Å². The molecule has 10 nitrogen and oxygen atoms in total. The fraction of sp³-hybridized carbons (Fsp3) is 0.286. The molecule has 0 aliphatic heterocycles. The van der Waals surface area contributed by atoms with E-state index in [-0.39, 0.29) is 35.3 Å². The second kappa shape index (κ2) is 9.96. The van der Waals surface area contributed by atoms with Crippen molar-refractivity contribution in [2.75, 3.05) is 25.5 Å². The van der Waals surface area contributed by atoms with Crippen molar-refractivity contribution in [1.29, 1.82) is 0 Å². The first-order chi connectivity index (χ1) is 15.7. The van der Waals surface area contributed by atoms with Crippen molar-refractivity contribution in [3.8, 4) is 17.2 Å². The number of anilines is 1. The summed E-state index contributed by atoms with van der Waals surface area (Å²) in [5.41, 5.74) is 0.481. The summed E-state index contributed by atoms with van der Waals surface area (Å²) >= 11 is 0. The maximum Gasteiger partial charge on any atom is 0.437 e. The Morgan fingerprint density at radius 1 is 1.18 bits per heavy atom. The minimum absolute atomic E-state index is 0.0144. The van der Waals surface area contributed by atoms with Crippen molar-refractivity contribution in [3.63, 3.8) is 0 Å². The van der Waals surface area contributed by atoms with Crippen LogP contribution < -0.4 is 15.8 Å². The molecule has 0 atom stereocenters. The van der Waals surface area contributed by atoms with Gasteiger partial charge in [-0.1, -0.05) is 13.8 Å². The number of carbonyl (C=O) groups is 1. The number of amides is 1. The molecule has 3 rings (SSSR count). The van der Waals surface area contributed by atoms with E-state index in [0.717, 1.165) is 4.68 Å². The van der Waals surface area contributed by atoms with E-state index in [1.54, 1.807) is 13.8 Å². The Bertz CT molecular complexity index is 1300. The molecule has 0 fully saturated rings. The highest BCUT2D eigenvalue weighted by Gasteiger charge is 2.23. The highest BCUT2D eigenvalue weighted by Crippen LogP contribution is 2.29. The second-order valence-corrected chi connectivity index (χ2v) is 8.78. The molecule has 0 saturated carbocycles. The number of methoxy groups -OCH3 is 1. The first kappa shape index (κ1) is 24.1. The summed E-state index contributed by atoms with van der Waals surface area (Å²) in [6, 6.07) is 9.26. The fourth-order valence-electron chi connectivity index (χ4n) is 3.10. The Kier molecular flexibility index (Phi) is 7.29. The predicted molar refractivity (Wildman–Crippen MR) is 118 cm³/mol. The van der Waals surface area contributed by atoms with Gasteiger partial charge in [0.25, 0.3) is 0 Å². The van der Waals surface area contributed by atoms with Gasteiger partial charge in [0.15, 0.2) is 0 Å². The SMILES string of the molecule is CCN(CC)S(=O)(=O)c1ccc(OC)c(NC(=O)Cn2nc(-c3ccc(F)cc3)oc2=O)c1. The number of hydrogen-bond donors (Lipinski definition) is 1. The van der Waals surface area contributed by atoms with Crippen LogP contribution in [0.5, 0.6) is 5.75 Å². The van der Waals surface area contributed by atoms with Crippen LogP contribution in [-0.4, -0.2) is 48.6 Å². The van der Waals surface area contributed by atoms with Crippen LogP contribution in [0.4, 0.5) is 10.1 Å². The van der Waals surface area contributed by atoms with Gasteiger partial charge in [-0.2, -0.15) is 8.99 Å². The van der Waals surface area contributed by atoms with Crippen LogP contribution in [0.2, 0.25) is 0 Å². The Balaban J connectivity index is 1.83. The zero-order chi connectivity index (χ0) is 24.2. The van der Waals surface area contributed by atoms with Crippen LogP contribution in [0.25, 0.3) is 11.5 Å². The Labute approximate surface area is 189 Å². The summed E-state index contributed by atoms with van der Waals surface area (Å²) in [5.74, 6) is -1.83. The highest BCUT2D eigenvalue weighted by molar-refractivity contribution is 7.89. The van der Waals surface area contributed by atoms with Crippen molar-refractivity contribution >= 4 is 21.6 Å². The molecule has 0 unspecified atom stereocenters. The quantitative estimate of drug-likeness (QED) is 0.501. The lowest BCUT2D eigenvalue weighted by atomic mass is 10.2. The van der Waals surface area contributed by atoms with Crippen molar-refractivity contribution < 1.29 is 26.8 Å². The molecule has 1 amide bonds. The maximum atomic E-state index is 13.1. The van der Waals surface area contributed by atoms with E-state index in [1.807, 2.05) is 0 Å². The van der Waals surface area contributed by atoms with E-state index >= 15 is 0 Å². The van der Waals surface area contributed by atoms with Crippen LogP contribution in [0.1, 0.15) is 13.8 Å². The lowest BCUT2D eigenvalue weighted by molar-refractivity contribution is -0.117. The average molecular weight is 479 g/mol. The van der Waals surface area contributed by atoms with Crippen molar-refractivity contribution in [2.45, 2.75) is 25.3 Å². The molecule has 12 heteroatoms. The van der Waals surface area contributed by atoms with Crippen LogP contribution in [0.3, 0.4) is 0 Å². The summed E-state index contributed by atoms with van der Waals surface area (Å²) in [6.45, 7) is 3.53. The van der Waals surface area contributed by atoms with Gasteiger partial charge in [0.2, 0.25) is 21.8 Å². The molecule has 3 aromatic rings. The standard InChI is InChI=1S/C21H23FN4O6S/c1-4-25(5-2)33(29,30)16-10-11-18(31-3)17(12-16)23-19(27)13-26-21(28)32-20(24-26)14-6-8-15(22)9-7-14/h6-12H,4-5,13H2,1-3H3,(H,23,27). The molecule has 1 N–H and O–H groups in total. The highest BCUT2D eigenvalue weighted by atomic mass is 32.2. The zero-order valence-corrected chi connectivity index (χ0v) is 19.1. The third kappa shape index (κ3) is 5.29. The number of rotatable bonds is 9. The smallest absolute Gasteiger partial charge is 0.437 e. The van der Waals surface area contributed by atoms with Crippen molar-refractivity contribution in [1.82, 2.24) is 14.1 Å². The monoisotopic (exact) mass is 478 g/mol. The molecule has 176 valence electrons. The largest absolute Gasteiger partial charge is 0.495 e. The van der Waals surface area contributed by atoms with Gasteiger partial charge in [-0.3, -0.25) is 4.79 Å². The van der Waals surface area contributed by atoms with E-state index in [0.29, 0.717) is 5.56 Å². The molecular formula is C21H23FN4O6S. The van der Waals surface area contributed by atoms with Gasteiger partial charge in [-0.15, -0.1) is 5.10 Å². The Morgan fingerprint density at radius 3 is 2.45 bits per heavy atom. The van der Waals surface area contributed by atoms with Gasteiger partial charge in [0.05, 0.1) is 17.7 Å². The normalized spacial score (nSPS) is 11.5. The minimum Gasteiger partial charge on any atom is -0.495 e. The van der Waals surface area contributed by atoms with Crippen LogP contribution in [-0.2, 0) is 21.4 Å². The third-order valence-corrected chi connectivity index (χ3v) is 6.82. The molecule has 1 heterocycles. The Hall–Kier alpha value is -3.51. The molecule has 0 saturated heterocycles. The topological polar surface area (TPSA) is 124 Å². The molecule has 0 aliphatic rings. The summed E-state index contributed by atoms with van der Waals surface area (Å²) in [5, 5.41) is 6.50. The van der Waals surface area contributed by atoms with E-state index < -0.39 is 34.0 Å². The number of aromatic nitrogens is 2. The number of benzene rings is 2. The zero-order valence-electron chi connectivity index (χ0n) is 18.2. The first-order valence-electron chi connectivity index (χ1n) is 10.0. The number of ether oxygens (including phenoxy) is 1. The van der Waals surface area contributed by atoms with Gasteiger partial charge < -0.3 is 14.5 Å². The summed E-state index contributed by atoms with van der Waals surface area (Å²) < 4.78 is 51.0. The number of hydrogen-bond acceptors (Lipinski definition) is 7. The van der Waals surface area contributed by atoms with Gasteiger partial charge in [-0.25, -0.2) is 17.6 Å². The maximum absolute atomic E-state index is 13.1. The van der Waals surface area contributed by atoms with Gasteiger partial charge >= 0.3 is 5.76 Å². The molecule has 0 spiro atoms. The predicted octanol–water partition coefficient (Wildman–Crippen LogP) is 2.32. The molecule has 0 radical (unpaired) electrons. The molecule has 2 aromatic carbocycles. The van der Waals surface area contributed by atoms with E-state index in [4.69, 9.17) is 9.15 Å². The lowest BCUT2D eigenvalue weighted by Gasteiger charge is -2.19. The molecule has 1 aromatic heterocycles. The lowest BCUT2D eigenvalue weighted by Crippen LogP contribution is -2.30. The third-order valence-electron chi connectivity index (χ3n) is 4.78. The summed E-state index contributed by atoms with van der Waals surface area (Å²) in [4.78, 5) is 24.7. The number of carbonyl (C=O) groups excluding carboxylic acids is 1. The van der Waals surface area contributed by atoms with Crippen LogP contribution in [0.15, 0.2) is 56.6 Å². The van der Waals surface area contributed by atoms with E-state index in [9.17, 15) is 22.4 Å². The van der Waals surface area contributed by atoms with Crippen LogP contribution >= 0.6 is 0 Å². The van der Waals surface area contributed by atoms with E-state index in [1.165, 1.54) is 53.9 Å². The number of nitrogens with zero attached hydrogens (tertiary/aromatic N) is 3. The Morgan fingerprint density at radius 2 is 1.85 bits per heavy atom. The van der Waals surface area contributed by atoms with Crippen LogP contribution in [0, 0.1) is 5.82 Å². The molecule has 33 heavy (non-hydrogen) atoms. The van der Waals surface area contributed by atoms with E-state index in [2.05, 4.69) is 10.4 Å². The van der Waals surface area contributed by atoms with Gasteiger partial charge in [-0.05, 0) is 42.5 Å². The molecule has 0 bridgehead atoms. The first-order valence-corrected chi connectivity index (χ1v) is 11.5. The van der Waals surface area contributed by atoms with Crippen molar-refractivity contribution in [3.05, 3.63) is 58.8 Å². The minimum atomic E-state index is -3.76. The number of halogens is 1. The average Bonchev–Trinajstić information content (AvgIpc) is 3.14. The summed E-state index contributed by atoms with van der Waals surface area (Å²) in [6.07, 6.45) is 0. The number of nitrogens with one attached hydrogen (secondary N) is 1. The molecule has 0 aliphatic carbocycles. The second-order valence-electron chi connectivity index (χ2n) is 6.84. The van der Waals surface area contributed by atoms with Gasteiger partial charge in [0, 0.05) is 18.7 Å². The van der Waals surface area contributed by atoms with Crippen molar-refractivity contribution in [2.24, 2.45) is 0 Å². The fourth-order valence-corrected chi connectivity index (χ4v) is 4.58. The number of sulfonamides is 1.